The van der Waals surface area contributed by atoms with Gasteiger partial charge in [-0.3, -0.25) is 4.79 Å². The highest BCUT2D eigenvalue weighted by Gasteiger charge is 2.11. The van der Waals surface area contributed by atoms with Gasteiger partial charge < -0.3 is 0 Å². The molecule has 0 unspecified atom stereocenters. The van der Waals surface area contributed by atoms with Gasteiger partial charge in [0, 0.05) is 12.6 Å². The number of aryl methyl sites for hydroxylation is 2. The monoisotopic (exact) mass is 192 g/mol. The average Bonchev–Trinajstić information content (AvgIpc) is 2.14. The minimum atomic E-state index is -0.383. The van der Waals surface area contributed by atoms with Crippen molar-refractivity contribution in [1.29, 1.82) is 0 Å². The molecule has 14 heavy (non-hydrogen) atoms. The van der Waals surface area contributed by atoms with Crippen molar-refractivity contribution in [3.63, 3.8) is 0 Å². The number of nitroso groups, excluding NO2 is 1. The van der Waals surface area contributed by atoms with Crippen LogP contribution in [-0.4, -0.2) is 18.0 Å². The second-order valence-corrected chi connectivity index (χ2v) is 3.29. The molecule has 0 spiro atoms. The summed E-state index contributed by atoms with van der Waals surface area (Å²) in [6.07, 6.45) is 0. The van der Waals surface area contributed by atoms with E-state index in [1.807, 2.05) is 19.9 Å². The van der Waals surface area contributed by atoms with E-state index in [0.29, 0.717) is 5.56 Å². The van der Waals surface area contributed by atoms with Crippen LogP contribution < -0.4 is 0 Å². The number of carbonyl (C=O) groups is 1. The van der Waals surface area contributed by atoms with Crippen LogP contribution in [0.5, 0.6) is 0 Å². The topological polar surface area (TPSA) is 49.7 Å². The van der Waals surface area contributed by atoms with Gasteiger partial charge in [0.15, 0.2) is 0 Å². The van der Waals surface area contributed by atoms with E-state index in [4.69, 9.17) is 0 Å². The Morgan fingerprint density at radius 1 is 1.21 bits per heavy atom. The zero-order valence-corrected chi connectivity index (χ0v) is 8.44. The highest BCUT2D eigenvalue weighted by molar-refractivity contribution is 5.94. The van der Waals surface area contributed by atoms with Gasteiger partial charge in [0.25, 0.3) is 5.91 Å². The second kappa shape index (κ2) is 4.00. The normalized spacial score (nSPS) is 9.64. The lowest BCUT2D eigenvalue weighted by molar-refractivity contribution is 0.0796. The molecule has 0 bridgehead atoms. The molecule has 0 saturated carbocycles. The van der Waals surface area contributed by atoms with Crippen LogP contribution in [0.25, 0.3) is 0 Å². The van der Waals surface area contributed by atoms with Gasteiger partial charge in [-0.05, 0) is 26.0 Å². The summed E-state index contributed by atoms with van der Waals surface area (Å²) < 4.78 is 0. The fraction of sp³-hybridized carbons (Fsp3) is 0.300. The fourth-order valence-electron chi connectivity index (χ4n) is 1.32. The van der Waals surface area contributed by atoms with Crippen molar-refractivity contribution in [2.24, 2.45) is 5.29 Å². The maximum Gasteiger partial charge on any atom is 0.276 e. The molecule has 0 aromatic heterocycles. The van der Waals surface area contributed by atoms with Gasteiger partial charge >= 0.3 is 0 Å². The first kappa shape index (κ1) is 10.4. The van der Waals surface area contributed by atoms with Crippen LogP contribution in [0.3, 0.4) is 0 Å². The van der Waals surface area contributed by atoms with Crippen molar-refractivity contribution in [2.45, 2.75) is 13.8 Å². The Kier molecular flexibility index (Phi) is 2.96. The summed E-state index contributed by atoms with van der Waals surface area (Å²) in [5, 5.41) is 3.34. The first-order valence-electron chi connectivity index (χ1n) is 4.24. The minimum absolute atomic E-state index is 0.383. The van der Waals surface area contributed by atoms with Gasteiger partial charge in [-0.25, -0.2) is 0 Å². The first-order chi connectivity index (χ1) is 6.54. The van der Waals surface area contributed by atoms with Gasteiger partial charge in [-0.2, -0.15) is 5.01 Å². The van der Waals surface area contributed by atoms with Crippen molar-refractivity contribution in [1.82, 2.24) is 5.01 Å². The van der Waals surface area contributed by atoms with Crippen LogP contribution in [0.2, 0.25) is 0 Å². The maximum atomic E-state index is 11.5. The van der Waals surface area contributed by atoms with E-state index in [9.17, 15) is 9.70 Å². The Bertz CT molecular complexity index is 354. The predicted molar refractivity (Wildman–Crippen MR) is 53.8 cm³/mol. The zero-order valence-electron chi connectivity index (χ0n) is 8.44. The molecule has 0 saturated heterocycles. The van der Waals surface area contributed by atoms with E-state index in [1.54, 1.807) is 12.1 Å². The van der Waals surface area contributed by atoms with Crippen LogP contribution in [0.4, 0.5) is 0 Å². The molecule has 1 aromatic carbocycles. The number of nitrogens with zero attached hydrogens (tertiary/aromatic N) is 2. The van der Waals surface area contributed by atoms with Crippen LogP contribution in [0.1, 0.15) is 21.5 Å². The minimum Gasteiger partial charge on any atom is -0.267 e. The predicted octanol–water partition coefficient (Wildman–Crippen LogP) is 2.06. The molecule has 4 heteroatoms. The molecule has 0 atom stereocenters. The molecule has 0 heterocycles. The van der Waals surface area contributed by atoms with E-state index in [0.717, 1.165) is 16.1 Å². The van der Waals surface area contributed by atoms with Crippen molar-refractivity contribution >= 4 is 5.91 Å². The first-order valence-corrected chi connectivity index (χ1v) is 4.24. The van der Waals surface area contributed by atoms with Gasteiger partial charge in [0.2, 0.25) is 0 Å². The van der Waals surface area contributed by atoms with Gasteiger partial charge in [0.05, 0.1) is 5.29 Å². The summed E-state index contributed by atoms with van der Waals surface area (Å²) in [4.78, 5) is 21.7. The van der Waals surface area contributed by atoms with E-state index in [1.165, 1.54) is 7.05 Å². The molecular formula is C10H12N2O2. The number of carbonyl (C=O) groups excluding carboxylic acids is 1. The fourth-order valence-corrected chi connectivity index (χ4v) is 1.32. The van der Waals surface area contributed by atoms with Crippen molar-refractivity contribution in [2.75, 3.05) is 7.05 Å². The van der Waals surface area contributed by atoms with Crippen LogP contribution in [0, 0.1) is 18.8 Å². The summed E-state index contributed by atoms with van der Waals surface area (Å²) in [6.45, 7) is 3.80. The van der Waals surface area contributed by atoms with Gasteiger partial charge in [-0.15, -0.1) is 4.91 Å². The van der Waals surface area contributed by atoms with Crippen LogP contribution in [0.15, 0.2) is 23.5 Å². The highest BCUT2D eigenvalue weighted by Crippen LogP contribution is 2.10. The average molecular weight is 192 g/mol. The number of benzene rings is 1. The van der Waals surface area contributed by atoms with Crippen molar-refractivity contribution in [3.8, 4) is 0 Å². The molecule has 1 amide bonds. The Balaban J connectivity index is 3.07. The number of rotatable bonds is 2. The lowest BCUT2D eigenvalue weighted by Crippen LogP contribution is -2.20. The summed E-state index contributed by atoms with van der Waals surface area (Å²) in [5.74, 6) is -0.383. The van der Waals surface area contributed by atoms with Crippen molar-refractivity contribution < 1.29 is 4.79 Å². The lowest BCUT2D eigenvalue weighted by atomic mass is 10.1. The van der Waals surface area contributed by atoms with Gasteiger partial charge in [-0.1, -0.05) is 17.2 Å². The lowest BCUT2D eigenvalue weighted by Gasteiger charge is -2.08. The van der Waals surface area contributed by atoms with Crippen LogP contribution in [-0.2, 0) is 0 Å². The Labute approximate surface area is 82.5 Å². The maximum absolute atomic E-state index is 11.5. The highest BCUT2D eigenvalue weighted by atomic mass is 16.3. The molecule has 0 N–H and O–H groups in total. The molecule has 0 aliphatic heterocycles. The van der Waals surface area contributed by atoms with E-state index < -0.39 is 0 Å². The standard InChI is InChI=1S/C10H12N2O2/c1-7-4-8(2)6-9(5-7)10(13)12(3)11-14/h4-6H,1-3H3. The van der Waals surface area contributed by atoms with Crippen molar-refractivity contribution in [3.05, 3.63) is 39.8 Å². The number of hydrogen-bond acceptors (Lipinski definition) is 3. The third-order valence-electron chi connectivity index (χ3n) is 1.89. The molecule has 0 aliphatic rings. The zero-order chi connectivity index (χ0) is 10.7. The van der Waals surface area contributed by atoms with E-state index >= 15 is 0 Å². The summed E-state index contributed by atoms with van der Waals surface area (Å²) in [7, 11) is 1.34. The third kappa shape index (κ3) is 2.16. The molecule has 0 radical (unpaired) electrons. The summed E-state index contributed by atoms with van der Waals surface area (Å²) in [5.41, 5.74) is 2.48. The quantitative estimate of drug-likeness (QED) is 0.532. The largest absolute Gasteiger partial charge is 0.276 e. The molecule has 74 valence electrons. The number of hydrogen-bond donors (Lipinski definition) is 0. The van der Waals surface area contributed by atoms with Gasteiger partial charge in [0.1, 0.15) is 0 Å². The van der Waals surface area contributed by atoms with Crippen LogP contribution >= 0.6 is 0 Å². The molecule has 0 fully saturated rings. The third-order valence-corrected chi connectivity index (χ3v) is 1.89. The van der Waals surface area contributed by atoms with E-state index in [-0.39, 0.29) is 5.91 Å². The molecule has 0 aliphatic carbocycles. The molecule has 4 nitrogen and oxygen atoms in total. The second-order valence-electron chi connectivity index (χ2n) is 3.29. The van der Waals surface area contributed by atoms with E-state index in [2.05, 4.69) is 5.29 Å². The molecule has 1 aromatic rings. The molecule has 1 rings (SSSR count). The molecular weight excluding hydrogens is 180 g/mol. The summed E-state index contributed by atoms with van der Waals surface area (Å²) >= 11 is 0. The summed E-state index contributed by atoms with van der Waals surface area (Å²) in [6, 6.07) is 5.43. The SMILES string of the molecule is Cc1cc(C)cc(C(=O)N(C)N=O)c1. The Morgan fingerprint density at radius 3 is 2.14 bits per heavy atom. The smallest absolute Gasteiger partial charge is 0.267 e. The number of amides is 1. The Morgan fingerprint density at radius 2 is 1.71 bits per heavy atom. The Hall–Kier alpha value is -1.71.